The van der Waals surface area contributed by atoms with Gasteiger partial charge in [-0.3, -0.25) is 13.8 Å². The maximum absolute atomic E-state index is 13.0. The van der Waals surface area contributed by atoms with Crippen LogP contribution >= 0.6 is 7.82 Å². The van der Waals surface area contributed by atoms with Crippen molar-refractivity contribution < 1.29 is 53.9 Å². The summed E-state index contributed by atoms with van der Waals surface area (Å²) in [5.74, 6) is -0.303. The third-order valence-electron chi connectivity index (χ3n) is 13.4. The summed E-state index contributed by atoms with van der Waals surface area (Å²) in [6.45, 7) is 3.91. The number of rotatable bonds is 46. The predicted molar refractivity (Wildman–Crippen MR) is 260 cm³/mol. The number of aliphatic hydroxyl groups excluding tert-OH is 6. The molecular weight excluding hydrogens is 834 g/mol. The summed E-state index contributed by atoms with van der Waals surface area (Å²) in [6.07, 6.45) is 34.4. The smallest absolute Gasteiger partial charge is 0.391 e. The standard InChI is InChI=1S/C51H102NO11P/c1-3-5-7-9-11-13-15-16-17-18-19-20-21-22-23-24-25-26-27-28-29-31-33-35-37-39-41-45(54)52-43(44(53)40-38-36-34-32-30-14-12-10-8-6-4-2)42-62-64(60,61)63-51-49(58)47(56)46(55)48(57)50(51)59/h43-44,46-51,53,55-59H,3-42H2,1-2H3,(H,52,54)(H,60,61)/t43-,44+,46?,47+,48?,49?,50?,51?/m0/s1. The first-order valence-corrected chi connectivity index (χ1v) is 28.5. The molecule has 1 aliphatic rings. The van der Waals surface area contributed by atoms with Gasteiger partial charge in [-0.2, -0.15) is 0 Å². The molecule has 0 radical (unpaired) electrons. The zero-order valence-corrected chi connectivity index (χ0v) is 42.0. The van der Waals surface area contributed by atoms with Crippen LogP contribution in [0.4, 0.5) is 0 Å². The van der Waals surface area contributed by atoms with Crippen molar-refractivity contribution in [3.63, 3.8) is 0 Å². The third kappa shape index (κ3) is 32.2. The largest absolute Gasteiger partial charge is 0.472 e. The minimum Gasteiger partial charge on any atom is -0.391 e. The van der Waals surface area contributed by atoms with Crippen LogP contribution in [0.25, 0.3) is 0 Å². The van der Waals surface area contributed by atoms with E-state index in [0.717, 1.165) is 38.5 Å². The molecule has 1 aliphatic carbocycles. The number of unbranched alkanes of at least 4 members (excludes halogenated alkanes) is 35. The monoisotopic (exact) mass is 936 g/mol. The lowest BCUT2D eigenvalue weighted by molar-refractivity contribution is -0.220. The highest BCUT2D eigenvalue weighted by molar-refractivity contribution is 7.47. The van der Waals surface area contributed by atoms with E-state index in [4.69, 9.17) is 9.05 Å². The van der Waals surface area contributed by atoms with Gasteiger partial charge < -0.3 is 40.8 Å². The van der Waals surface area contributed by atoms with Gasteiger partial charge in [0.2, 0.25) is 5.91 Å². The van der Waals surface area contributed by atoms with Crippen molar-refractivity contribution in [2.45, 2.75) is 313 Å². The van der Waals surface area contributed by atoms with E-state index in [1.165, 1.54) is 186 Å². The van der Waals surface area contributed by atoms with Gasteiger partial charge in [0.1, 0.15) is 36.6 Å². The van der Waals surface area contributed by atoms with Crippen LogP contribution in [-0.4, -0.2) is 96.8 Å². The Morgan fingerprint density at radius 1 is 0.469 bits per heavy atom. The van der Waals surface area contributed by atoms with Gasteiger partial charge in [0.05, 0.1) is 18.8 Å². The minimum absolute atomic E-state index is 0.243. The van der Waals surface area contributed by atoms with Crippen molar-refractivity contribution in [1.82, 2.24) is 5.32 Å². The maximum Gasteiger partial charge on any atom is 0.472 e. The number of amides is 1. The summed E-state index contributed by atoms with van der Waals surface area (Å²) in [6, 6.07) is -1.03. The first kappa shape index (κ1) is 61.4. The van der Waals surface area contributed by atoms with Gasteiger partial charge in [0, 0.05) is 6.42 Å². The highest BCUT2D eigenvalue weighted by Gasteiger charge is 2.51. The summed E-state index contributed by atoms with van der Waals surface area (Å²) < 4.78 is 23.0. The third-order valence-corrected chi connectivity index (χ3v) is 14.4. The molecule has 0 heterocycles. The lowest BCUT2D eigenvalue weighted by Gasteiger charge is -2.41. The summed E-state index contributed by atoms with van der Waals surface area (Å²) in [5, 5.41) is 64.2. The van der Waals surface area contributed by atoms with Crippen molar-refractivity contribution in [3.8, 4) is 0 Å². The van der Waals surface area contributed by atoms with Crippen molar-refractivity contribution in [3.05, 3.63) is 0 Å². The molecule has 1 amide bonds. The van der Waals surface area contributed by atoms with Gasteiger partial charge in [-0.25, -0.2) is 4.57 Å². The van der Waals surface area contributed by atoms with Crippen LogP contribution in [-0.2, 0) is 18.4 Å². The van der Waals surface area contributed by atoms with Gasteiger partial charge >= 0.3 is 7.82 Å². The number of carbonyl (C=O) groups excluding carboxylic acids is 1. The average Bonchev–Trinajstić information content (AvgIpc) is 3.28. The number of hydrogen-bond donors (Lipinski definition) is 8. The molecular formula is C51H102NO11P. The molecule has 1 rings (SSSR count). The van der Waals surface area contributed by atoms with Crippen LogP contribution in [0, 0.1) is 0 Å². The topological polar surface area (TPSA) is 206 Å². The molecule has 0 spiro atoms. The highest BCUT2D eigenvalue weighted by atomic mass is 31.2. The normalized spacial score (nSPS) is 22.1. The van der Waals surface area contributed by atoms with Crippen LogP contribution in [0.5, 0.6) is 0 Å². The first-order valence-electron chi connectivity index (χ1n) is 27.0. The van der Waals surface area contributed by atoms with Gasteiger partial charge in [0.15, 0.2) is 0 Å². The number of nitrogens with one attached hydrogen (secondary N) is 1. The number of phosphoric ester groups is 1. The fourth-order valence-electron chi connectivity index (χ4n) is 9.03. The Hall–Kier alpha value is -0.660. The molecule has 0 bridgehead atoms. The van der Waals surface area contributed by atoms with Gasteiger partial charge in [-0.15, -0.1) is 0 Å². The van der Waals surface area contributed by atoms with E-state index in [0.29, 0.717) is 19.3 Å². The van der Waals surface area contributed by atoms with E-state index < -0.39 is 63.2 Å². The maximum atomic E-state index is 13.0. The van der Waals surface area contributed by atoms with Crippen molar-refractivity contribution in [2.24, 2.45) is 0 Å². The van der Waals surface area contributed by atoms with E-state index in [-0.39, 0.29) is 12.3 Å². The zero-order valence-electron chi connectivity index (χ0n) is 41.1. The number of carbonyl (C=O) groups is 1. The van der Waals surface area contributed by atoms with E-state index in [1.54, 1.807) is 0 Å². The van der Waals surface area contributed by atoms with Crippen LogP contribution in [0.15, 0.2) is 0 Å². The summed E-state index contributed by atoms with van der Waals surface area (Å²) in [4.78, 5) is 23.5. The fourth-order valence-corrected chi connectivity index (χ4v) is 10.00. The summed E-state index contributed by atoms with van der Waals surface area (Å²) in [5.41, 5.74) is 0. The quantitative estimate of drug-likeness (QED) is 0.0213. The van der Waals surface area contributed by atoms with E-state index >= 15 is 0 Å². The Morgan fingerprint density at radius 3 is 1.08 bits per heavy atom. The average molecular weight is 936 g/mol. The minimum atomic E-state index is -5.05. The van der Waals surface area contributed by atoms with Crippen LogP contribution in [0.1, 0.15) is 264 Å². The molecule has 1 fully saturated rings. The Balaban J connectivity index is 2.26. The second-order valence-electron chi connectivity index (χ2n) is 19.4. The Kier molecular flexibility index (Phi) is 39.6. The molecule has 8 N–H and O–H groups in total. The van der Waals surface area contributed by atoms with Crippen LogP contribution < -0.4 is 5.32 Å². The number of aliphatic hydroxyl groups is 6. The molecule has 9 atom stereocenters. The Morgan fingerprint density at radius 2 is 0.750 bits per heavy atom. The molecule has 1 saturated carbocycles. The highest BCUT2D eigenvalue weighted by Crippen LogP contribution is 2.47. The predicted octanol–water partition coefficient (Wildman–Crippen LogP) is 11.4. The Bertz CT molecular complexity index is 1090. The van der Waals surface area contributed by atoms with E-state index in [1.807, 2.05) is 0 Å². The molecule has 0 aromatic rings. The second-order valence-corrected chi connectivity index (χ2v) is 20.8. The first-order chi connectivity index (χ1) is 30.9. The van der Waals surface area contributed by atoms with Crippen molar-refractivity contribution >= 4 is 13.7 Å². The lowest BCUT2D eigenvalue weighted by atomic mass is 9.85. The molecule has 382 valence electrons. The number of hydrogen-bond acceptors (Lipinski definition) is 10. The molecule has 0 saturated heterocycles. The van der Waals surface area contributed by atoms with E-state index in [2.05, 4.69) is 19.2 Å². The molecule has 13 heteroatoms. The van der Waals surface area contributed by atoms with Gasteiger partial charge in [-0.05, 0) is 12.8 Å². The molecule has 0 aliphatic heterocycles. The zero-order chi connectivity index (χ0) is 47.1. The summed E-state index contributed by atoms with van der Waals surface area (Å²) in [7, 11) is -5.05. The lowest BCUT2D eigenvalue weighted by Crippen LogP contribution is -2.64. The van der Waals surface area contributed by atoms with Crippen molar-refractivity contribution in [1.29, 1.82) is 0 Å². The SMILES string of the molecule is CCCCCCCCCCCCCCCCCCCCCCCCCCCCC(=O)N[C@@H](COP(=O)(O)OC1C(O)C(O)C(O)[C@@H](O)C1O)[C@H](O)CCCCCCCCCCCCC. The molecule has 6 unspecified atom stereocenters. The Labute approximate surface area is 391 Å². The molecule has 0 aromatic carbocycles. The van der Waals surface area contributed by atoms with E-state index in [9.17, 15) is 44.9 Å². The van der Waals surface area contributed by atoms with Crippen LogP contribution in [0.2, 0.25) is 0 Å². The fraction of sp³-hybridized carbons (Fsp3) is 0.980. The number of phosphoric acid groups is 1. The van der Waals surface area contributed by atoms with Gasteiger partial charge in [-0.1, -0.05) is 245 Å². The summed E-state index contributed by atoms with van der Waals surface area (Å²) >= 11 is 0. The molecule has 12 nitrogen and oxygen atoms in total. The second kappa shape index (κ2) is 41.3. The van der Waals surface area contributed by atoms with Crippen molar-refractivity contribution in [2.75, 3.05) is 6.61 Å². The van der Waals surface area contributed by atoms with Gasteiger partial charge in [0.25, 0.3) is 0 Å². The van der Waals surface area contributed by atoms with Crippen LogP contribution in [0.3, 0.4) is 0 Å². The molecule has 64 heavy (non-hydrogen) atoms. The molecule has 0 aromatic heterocycles.